The molecule has 45 heavy (non-hydrogen) atoms. The number of halogens is 3. The molecule has 8 nitrogen and oxygen atoms in total. The topological polar surface area (TPSA) is 111 Å². The van der Waals surface area contributed by atoms with Gasteiger partial charge in [0, 0.05) is 58.8 Å². The second-order valence-corrected chi connectivity index (χ2v) is 10.4. The zero-order valence-electron chi connectivity index (χ0n) is 23.6. The monoisotopic (exact) mass is 654 g/mol. The lowest BCUT2D eigenvalue weighted by molar-refractivity contribution is 0.0980. The van der Waals surface area contributed by atoms with Crippen molar-refractivity contribution in [3.05, 3.63) is 155 Å². The first-order valence-electron chi connectivity index (χ1n) is 13.4. The Bertz CT molecular complexity index is 1750. The molecule has 0 aliphatic carbocycles. The van der Waals surface area contributed by atoms with E-state index < -0.39 is 0 Å². The standard InChI is InChI=1S/2C17H12ClN3O.ClH/c2*18-14-5-1-4-13(8-14)15-9-16(21-11-20-15)17(22)7-12-3-2-6-19-10-12;/h2*1-6,8-11H,7H2;1H. The highest BCUT2D eigenvalue weighted by Gasteiger charge is 2.12. The van der Waals surface area contributed by atoms with E-state index in [9.17, 15) is 9.59 Å². The molecule has 0 fully saturated rings. The maximum Gasteiger partial charge on any atom is 0.185 e. The van der Waals surface area contributed by atoms with Gasteiger partial charge in [-0.3, -0.25) is 19.6 Å². The number of hydrogen-bond acceptors (Lipinski definition) is 8. The van der Waals surface area contributed by atoms with Crippen LogP contribution in [-0.2, 0) is 12.8 Å². The minimum atomic E-state index is -0.0707. The summed E-state index contributed by atoms with van der Waals surface area (Å²) in [6, 6.07) is 25.4. The van der Waals surface area contributed by atoms with Crippen LogP contribution in [0.25, 0.3) is 22.5 Å². The normalized spacial score (nSPS) is 10.2. The van der Waals surface area contributed by atoms with Crippen LogP contribution in [0.2, 0.25) is 10.0 Å². The third-order valence-corrected chi connectivity index (χ3v) is 6.79. The van der Waals surface area contributed by atoms with Crippen molar-refractivity contribution in [2.75, 3.05) is 0 Å². The van der Waals surface area contributed by atoms with Gasteiger partial charge in [0.1, 0.15) is 24.0 Å². The molecule has 0 saturated carbocycles. The molecule has 2 aromatic carbocycles. The van der Waals surface area contributed by atoms with Crippen LogP contribution in [0.15, 0.2) is 122 Å². The van der Waals surface area contributed by atoms with Gasteiger partial charge in [-0.25, -0.2) is 19.9 Å². The highest BCUT2D eigenvalue weighted by molar-refractivity contribution is 6.31. The minimum absolute atomic E-state index is 0. The fourth-order valence-electron chi connectivity index (χ4n) is 4.19. The van der Waals surface area contributed by atoms with Gasteiger partial charge in [0.15, 0.2) is 11.6 Å². The fraction of sp³-hybridized carbons (Fsp3) is 0.0588. The van der Waals surface area contributed by atoms with Gasteiger partial charge in [-0.15, -0.1) is 12.4 Å². The Balaban J connectivity index is 0.000000200. The van der Waals surface area contributed by atoms with E-state index in [1.54, 1.807) is 73.3 Å². The number of rotatable bonds is 8. The minimum Gasteiger partial charge on any atom is -0.292 e. The smallest absolute Gasteiger partial charge is 0.185 e. The van der Waals surface area contributed by atoms with Gasteiger partial charge >= 0.3 is 0 Å². The second kappa shape index (κ2) is 16.3. The van der Waals surface area contributed by atoms with Gasteiger partial charge in [-0.05, 0) is 59.7 Å². The van der Waals surface area contributed by atoms with Gasteiger partial charge in [-0.2, -0.15) is 0 Å². The van der Waals surface area contributed by atoms with Crippen LogP contribution in [0.5, 0.6) is 0 Å². The Hall–Kier alpha value is -4.89. The Kier molecular flexibility index (Phi) is 11.9. The molecule has 0 spiro atoms. The lowest BCUT2D eigenvalue weighted by Crippen LogP contribution is -2.07. The summed E-state index contributed by atoms with van der Waals surface area (Å²) in [4.78, 5) is 49.2. The number of benzene rings is 2. The molecule has 6 rings (SSSR count). The first-order valence-corrected chi connectivity index (χ1v) is 14.2. The number of nitrogens with zero attached hydrogens (tertiary/aromatic N) is 6. The van der Waals surface area contributed by atoms with Crippen molar-refractivity contribution in [1.82, 2.24) is 29.9 Å². The summed E-state index contributed by atoms with van der Waals surface area (Å²) in [6.07, 6.45) is 10.0. The molecule has 0 bridgehead atoms. The van der Waals surface area contributed by atoms with E-state index in [1.807, 2.05) is 36.4 Å². The van der Waals surface area contributed by atoms with Crippen LogP contribution in [0, 0.1) is 0 Å². The zero-order chi connectivity index (χ0) is 30.7. The summed E-state index contributed by atoms with van der Waals surface area (Å²) in [6.45, 7) is 0. The van der Waals surface area contributed by atoms with Gasteiger partial charge in [-0.1, -0.05) is 59.6 Å². The summed E-state index contributed by atoms with van der Waals surface area (Å²) >= 11 is 12.0. The molecule has 0 aliphatic rings. The number of aromatic nitrogens is 6. The number of pyridine rings is 2. The van der Waals surface area contributed by atoms with E-state index in [2.05, 4.69) is 29.9 Å². The Morgan fingerprint density at radius 2 is 1.00 bits per heavy atom. The van der Waals surface area contributed by atoms with Crippen LogP contribution >= 0.6 is 35.6 Å². The lowest BCUT2D eigenvalue weighted by Gasteiger charge is -2.04. The van der Waals surface area contributed by atoms with Crippen molar-refractivity contribution in [2.24, 2.45) is 0 Å². The molecule has 0 N–H and O–H groups in total. The molecule has 11 heteroatoms. The Labute approximate surface area is 276 Å². The van der Waals surface area contributed by atoms with Crippen molar-refractivity contribution in [3.8, 4) is 22.5 Å². The van der Waals surface area contributed by atoms with Gasteiger partial charge in [0.25, 0.3) is 0 Å². The van der Waals surface area contributed by atoms with Crippen LogP contribution in [0.3, 0.4) is 0 Å². The summed E-state index contributed by atoms with van der Waals surface area (Å²) in [5, 5.41) is 1.25. The average molecular weight is 656 g/mol. The predicted octanol–water partition coefficient (Wildman–Crippen LogP) is 7.66. The van der Waals surface area contributed by atoms with Crippen LogP contribution in [0.4, 0.5) is 0 Å². The third kappa shape index (κ3) is 9.55. The number of carbonyl (C=O) groups is 2. The van der Waals surface area contributed by atoms with Crippen LogP contribution in [-0.4, -0.2) is 41.5 Å². The number of Topliss-reactive ketones (excluding diaryl/α,β-unsaturated/α-hetero) is 2. The first kappa shape index (κ1) is 33.0. The van der Waals surface area contributed by atoms with Crippen molar-refractivity contribution in [1.29, 1.82) is 0 Å². The maximum atomic E-state index is 12.3. The molecule has 224 valence electrons. The van der Waals surface area contributed by atoms with Gasteiger partial charge in [0.2, 0.25) is 0 Å². The van der Waals surface area contributed by atoms with Gasteiger partial charge in [0.05, 0.1) is 11.4 Å². The Morgan fingerprint density at radius 1 is 0.556 bits per heavy atom. The summed E-state index contributed by atoms with van der Waals surface area (Å²) < 4.78 is 0. The summed E-state index contributed by atoms with van der Waals surface area (Å²) in [5.74, 6) is -0.141. The number of ketones is 2. The number of hydrogen-bond donors (Lipinski definition) is 0. The van der Waals surface area contributed by atoms with Crippen molar-refractivity contribution in [3.63, 3.8) is 0 Å². The van der Waals surface area contributed by atoms with Gasteiger partial charge < -0.3 is 0 Å². The molecule has 0 atom stereocenters. The SMILES string of the molecule is Cl.O=C(Cc1cccnc1)c1cc(-c2cccc(Cl)c2)ncn1.O=C(Cc1cccnc1)c1cc(-c2cccc(Cl)c2)ncn1. The molecule has 4 heterocycles. The van der Waals surface area contributed by atoms with Crippen molar-refractivity contribution >= 4 is 47.2 Å². The lowest BCUT2D eigenvalue weighted by atomic mass is 10.1. The van der Waals surface area contributed by atoms with E-state index in [0.29, 0.717) is 32.8 Å². The molecule has 4 aromatic heterocycles. The van der Waals surface area contributed by atoms with Crippen molar-refractivity contribution in [2.45, 2.75) is 12.8 Å². The largest absolute Gasteiger partial charge is 0.292 e. The average Bonchev–Trinajstić information content (AvgIpc) is 3.06. The molecule has 0 unspecified atom stereocenters. The Morgan fingerprint density at radius 3 is 1.38 bits per heavy atom. The van der Waals surface area contributed by atoms with E-state index in [4.69, 9.17) is 23.2 Å². The first-order chi connectivity index (χ1) is 21.4. The molecular formula is C34H25Cl3N6O2. The summed E-state index contributed by atoms with van der Waals surface area (Å²) in [5.41, 5.74) is 5.53. The molecule has 0 saturated heterocycles. The quantitative estimate of drug-likeness (QED) is 0.154. The molecule has 0 aliphatic heterocycles. The molecule has 0 radical (unpaired) electrons. The van der Waals surface area contributed by atoms with E-state index in [-0.39, 0.29) is 36.8 Å². The third-order valence-electron chi connectivity index (χ3n) is 6.32. The highest BCUT2D eigenvalue weighted by atomic mass is 35.5. The van der Waals surface area contributed by atoms with E-state index in [1.165, 1.54) is 12.7 Å². The summed E-state index contributed by atoms with van der Waals surface area (Å²) in [7, 11) is 0. The van der Waals surface area contributed by atoms with E-state index >= 15 is 0 Å². The predicted molar refractivity (Wildman–Crippen MR) is 177 cm³/mol. The molecular weight excluding hydrogens is 631 g/mol. The molecule has 6 aromatic rings. The van der Waals surface area contributed by atoms with Crippen molar-refractivity contribution < 1.29 is 9.59 Å². The van der Waals surface area contributed by atoms with E-state index in [0.717, 1.165) is 22.3 Å². The fourth-order valence-corrected chi connectivity index (χ4v) is 4.57. The number of carbonyl (C=O) groups excluding carboxylic acids is 2. The highest BCUT2D eigenvalue weighted by Crippen LogP contribution is 2.22. The van der Waals surface area contributed by atoms with Crippen LogP contribution < -0.4 is 0 Å². The zero-order valence-corrected chi connectivity index (χ0v) is 26.0. The van der Waals surface area contributed by atoms with Crippen LogP contribution in [0.1, 0.15) is 32.1 Å². The molecule has 0 amide bonds. The maximum absolute atomic E-state index is 12.3. The second-order valence-electron chi connectivity index (χ2n) is 9.52.